The Labute approximate surface area is 129 Å². The number of anilines is 1. The zero-order valence-corrected chi connectivity index (χ0v) is 13.5. The first-order valence-corrected chi connectivity index (χ1v) is 8.96. The van der Waals surface area contributed by atoms with Gasteiger partial charge in [-0.15, -0.1) is 5.10 Å². The van der Waals surface area contributed by atoms with E-state index in [1.165, 1.54) is 4.68 Å². The summed E-state index contributed by atoms with van der Waals surface area (Å²) in [6.07, 6.45) is 3.00. The summed E-state index contributed by atoms with van der Waals surface area (Å²) in [7, 11) is -3.37. The van der Waals surface area contributed by atoms with Crippen LogP contribution in [0, 0.1) is 19.8 Å². The van der Waals surface area contributed by atoms with E-state index in [1.807, 2.05) is 13.0 Å². The van der Waals surface area contributed by atoms with Crippen LogP contribution in [0.3, 0.4) is 0 Å². The van der Waals surface area contributed by atoms with Crippen molar-refractivity contribution in [2.24, 2.45) is 5.92 Å². The van der Waals surface area contributed by atoms with Crippen LogP contribution in [0.15, 0.2) is 18.2 Å². The second kappa shape index (κ2) is 5.68. The Morgan fingerprint density at radius 2 is 2.00 bits per heavy atom. The molecule has 1 N–H and O–H groups in total. The van der Waals surface area contributed by atoms with Crippen molar-refractivity contribution in [3.05, 3.63) is 29.6 Å². The van der Waals surface area contributed by atoms with Gasteiger partial charge in [0.1, 0.15) is 5.82 Å². The first kappa shape index (κ1) is 15.0. The van der Waals surface area contributed by atoms with Gasteiger partial charge in [0.05, 0.1) is 17.1 Å². The minimum Gasteiger partial charge on any atom is -0.267 e. The van der Waals surface area contributed by atoms with Crippen molar-refractivity contribution in [3.8, 4) is 5.82 Å². The van der Waals surface area contributed by atoms with Gasteiger partial charge in [-0.25, -0.2) is 8.42 Å². The first-order chi connectivity index (χ1) is 10.4. The summed E-state index contributed by atoms with van der Waals surface area (Å²) in [5.74, 6) is 1.60. The molecule has 0 spiro atoms. The molecule has 0 amide bonds. The van der Waals surface area contributed by atoms with Crippen molar-refractivity contribution in [2.45, 2.75) is 33.1 Å². The van der Waals surface area contributed by atoms with Crippen LogP contribution in [0.5, 0.6) is 0 Å². The van der Waals surface area contributed by atoms with Crippen molar-refractivity contribution in [2.75, 3.05) is 10.5 Å². The number of nitrogens with one attached hydrogen (secondary N) is 1. The van der Waals surface area contributed by atoms with Gasteiger partial charge in [-0.1, -0.05) is 12.8 Å². The quantitative estimate of drug-likeness (QED) is 0.876. The average molecular weight is 321 g/mol. The lowest BCUT2D eigenvalue weighted by molar-refractivity contribution is 0.595. The third kappa shape index (κ3) is 3.62. The van der Waals surface area contributed by atoms with Crippen LogP contribution in [0.25, 0.3) is 5.82 Å². The van der Waals surface area contributed by atoms with Crippen molar-refractivity contribution in [3.63, 3.8) is 0 Å². The van der Waals surface area contributed by atoms with E-state index < -0.39 is 10.0 Å². The van der Waals surface area contributed by atoms with E-state index in [1.54, 1.807) is 19.1 Å². The van der Waals surface area contributed by atoms with Gasteiger partial charge in [-0.3, -0.25) is 4.72 Å². The Morgan fingerprint density at radius 1 is 1.23 bits per heavy atom. The molecule has 22 heavy (non-hydrogen) atoms. The molecule has 2 aromatic rings. The molecule has 0 aromatic carbocycles. The number of aromatic nitrogens is 4. The molecule has 0 bridgehead atoms. The molecule has 1 fully saturated rings. The van der Waals surface area contributed by atoms with Gasteiger partial charge in [0.15, 0.2) is 5.82 Å². The van der Waals surface area contributed by atoms with Gasteiger partial charge in [0, 0.05) is 6.07 Å². The standard InChI is InChI=1S/C14H19N5O2S/c1-10-3-6-13(16-15-10)19-14(9-11(2)17-19)18-22(20,21)8-7-12-4-5-12/h3,6,9,12,18H,4-5,7-8H2,1-2H3. The molecule has 1 saturated carbocycles. The van der Waals surface area contributed by atoms with Gasteiger partial charge >= 0.3 is 0 Å². The number of hydrogen-bond acceptors (Lipinski definition) is 5. The molecule has 0 aliphatic heterocycles. The van der Waals surface area contributed by atoms with E-state index in [4.69, 9.17) is 0 Å². The first-order valence-electron chi connectivity index (χ1n) is 7.31. The number of sulfonamides is 1. The topological polar surface area (TPSA) is 89.8 Å². The van der Waals surface area contributed by atoms with Crippen molar-refractivity contribution < 1.29 is 8.42 Å². The highest BCUT2D eigenvalue weighted by atomic mass is 32.2. The van der Waals surface area contributed by atoms with Gasteiger partial charge in [0.25, 0.3) is 0 Å². The normalized spacial score (nSPS) is 15.0. The van der Waals surface area contributed by atoms with Crippen LogP contribution in [-0.4, -0.2) is 34.1 Å². The largest absolute Gasteiger partial charge is 0.267 e. The van der Waals surface area contributed by atoms with Crippen molar-refractivity contribution in [1.82, 2.24) is 20.0 Å². The fourth-order valence-electron chi connectivity index (χ4n) is 2.19. The molecular formula is C14H19N5O2S. The van der Waals surface area contributed by atoms with Crippen LogP contribution in [-0.2, 0) is 10.0 Å². The molecule has 7 nitrogen and oxygen atoms in total. The summed E-state index contributed by atoms with van der Waals surface area (Å²) in [4.78, 5) is 0. The average Bonchev–Trinajstić information content (AvgIpc) is 3.21. The summed E-state index contributed by atoms with van der Waals surface area (Å²) < 4.78 is 28.5. The molecular weight excluding hydrogens is 302 g/mol. The van der Waals surface area contributed by atoms with Crippen LogP contribution >= 0.6 is 0 Å². The Bertz CT molecular complexity index is 763. The molecule has 0 atom stereocenters. The Hall–Kier alpha value is -1.96. The predicted octanol–water partition coefficient (Wildman–Crippen LogP) is 1.82. The van der Waals surface area contributed by atoms with E-state index in [0.717, 1.165) is 18.5 Å². The van der Waals surface area contributed by atoms with Gasteiger partial charge in [0.2, 0.25) is 10.0 Å². The van der Waals surface area contributed by atoms with Gasteiger partial charge < -0.3 is 0 Å². The highest BCUT2D eigenvalue weighted by Gasteiger charge is 2.24. The van der Waals surface area contributed by atoms with Crippen molar-refractivity contribution >= 4 is 15.8 Å². The molecule has 1 aliphatic carbocycles. The number of aryl methyl sites for hydroxylation is 2. The minimum absolute atomic E-state index is 0.140. The fraction of sp³-hybridized carbons (Fsp3) is 0.500. The van der Waals surface area contributed by atoms with Crippen LogP contribution in [0.4, 0.5) is 5.82 Å². The van der Waals surface area contributed by atoms with Gasteiger partial charge in [-0.2, -0.15) is 14.9 Å². The Balaban J connectivity index is 1.82. The zero-order valence-electron chi connectivity index (χ0n) is 12.7. The van der Waals surface area contributed by atoms with E-state index in [-0.39, 0.29) is 5.75 Å². The van der Waals surface area contributed by atoms with Crippen LogP contribution < -0.4 is 4.72 Å². The van der Waals surface area contributed by atoms with Crippen LogP contribution in [0.2, 0.25) is 0 Å². The SMILES string of the molecule is Cc1ccc(-n2nc(C)cc2NS(=O)(=O)CCC2CC2)nn1. The number of rotatable bonds is 6. The molecule has 0 radical (unpaired) electrons. The second-order valence-electron chi connectivity index (χ2n) is 5.77. The number of nitrogens with zero attached hydrogens (tertiary/aromatic N) is 4. The third-order valence-corrected chi connectivity index (χ3v) is 4.88. The lowest BCUT2D eigenvalue weighted by Gasteiger charge is -2.09. The molecule has 118 valence electrons. The Morgan fingerprint density at radius 3 is 2.64 bits per heavy atom. The predicted molar refractivity (Wildman–Crippen MR) is 83.4 cm³/mol. The Kier molecular flexibility index (Phi) is 3.86. The molecule has 1 aliphatic rings. The summed E-state index contributed by atoms with van der Waals surface area (Å²) in [6, 6.07) is 5.26. The van der Waals surface area contributed by atoms with Gasteiger partial charge in [-0.05, 0) is 38.3 Å². The smallest absolute Gasteiger partial charge is 0.233 e. The highest BCUT2D eigenvalue weighted by molar-refractivity contribution is 7.92. The molecule has 0 saturated heterocycles. The summed E-state index contributed by atoms with van der Waals surface area (Å²) in [6.45, 7) is 3.65. The van der Waals surface area contributed by atoms with E-state index in [2.05, 4.69) is 20.0 Å². The highest BCUT2D eigenvalue weighted by Crippen LogP contribution is 2.32. The molecule has 3 rings (SSSR count). The minimum atomic E-state index is -3.37. The summed E-state index contributed by atoms with van der Waals surface area (Å²) in [5.41, 5.74) is 1.50. The fourth-order valence-corrected chi connectivity index (χ4v) is 3.40. The number of hydrogen-bond donors (Lipinski definition) is 1. The molecule has 8 heteroatoms. The van der Waals surface area contributed by atoms with E-state index in [9.17, 15) is 8.42 Å². The summed E-state index contributed by atoms with van der Waals surface area (Å²) in [5, 5.41) is 12.3. The maximum Gasteiger partial charge on any atom is 0.233 e. The molecule has 2 aromatic heterocycles. The monoisotopic (exact) mass is 321 g/mol. The molecule has 0 unspecified atom stereocenters. The third-order valence-electron chi connectivity index (χ3n) is 3.58. The molecule has 2 heterocycles. The van der Waals surface area contributed by atoms with Crippen LogP contribution in [0.1, 0.15) is 30.7 Å². The maximum atomic E-state index is 12.2. The zero-order chi connectivity index (χ0) is 15.7. The van der Waals surface area contributed by atoms with Crippen molar-refractivity contribution in [1.29, 1.82) is 0 Å². The van der Waals surface area contributed by atoms with E-state index in [0.29, 0.717) is 29.7 Å². The lowest BCUT2D eigenvalue weighted by atomic mass is 10.3. The lowest BCUT2D eigenvalue weighted by Crippen LogP contribution is -2.19. The second-order valence-corrected chi connectivity index (χ2v) is 7.61. The maximum absolute atomic E-state index is 12.2. The summed E-state index contributed by atoms with van der Waals surface area (Å²) >= 11 is 0. The van der Waals surface area contributed by atoms with E-state index >= 15 is 0 Å².